The van der Waals surface area contributed by atoms with Gasteiger partial charge >= 0.3 is 0 Å². The van der Waals surface area contributed by atoms with Crippen LogP contribution >= 0.6 is 0 Å². The molecule has 0 radical (unpaired) electrons. The van der Waals surface area contributed by atoms with Gasteiger partial charge in [-0.1, -0.05) is 13.0 Å². The molecule has 112 valence electrons. The van der Waals surface area contributed by atoms with E-state index in [-0.39, 0.29) is 5.82 Å². The molecule has 1 atom stereocenters. The minimum atomic E-state index is -0.173. The van der Waals surface area contributed by atoms with E-state index >= 15 is 0 Å². The largest absolute Gasteiger partial charge is 0.497 e. The molecule has 1 aromatic carbocycles. The van der Waals surface area contributed by atoms with E-state index in [4.69, 9.17) is 4.74 Å². The van der Waals surface area contributed by atoms with E-state index in [2.05, 4.69) is 17.1 Å². The summed E-state index contributed by atoms with van der Waals surface area (Å²) in [6.45, 7) is 5.98. The summed E-state index contributed by atoms with van der Waals surface area (Å²) < 4.78 is 19.0. The summed E-state index contributed by atoms with van der Waals surface area (Å²) in [6, 6.07) is 5.67. The third kappa shape index (κ3) is 4.18. The van der Waals surface area contributed by atoms with Crippen molar-refractivity contribution in [2.24, 2.45) is 0 Å². The molecule has 1 fully saturated rings. The van der Waals surface area contributed by atoms with Crippen LogP contribution in [0.5, 0.6) is 5.75 Å². The summed E-state index contributed by atoms with van der Waals surface area (Å²) in [5, 5.41) is 3.56. The molecule has 1 saturated heterocycles. The topological polar surface area (TPSA) is 24.5 Å². The van der Waals surface area contributed by atoms with Crippen LogP contribution < -0.4 is 10.1 Å². The van der Waals surface area contributed by atoms with Crippen molar-refractivity contribution in [2.75, 3.05) is 26.7 Å². The predicted octanol–water partition coefficient (Wildman–Crippen LogP) is 2.80. The summed E-state index contributed by atoms with van der Waals surface area (Å²) in [4.78, 5) is 2.34. The lowest BCUT2D eigenvalue weighted by Gasteiger charge is -2.33. The summed E-state index contributed by atoms with van der Waals surface area (Å²) in [6.07, 6.45) is 3.56. The third-order valence-corrected chi connectivity index (χ3v) is 3.84. The number of likely N-dealkylation sites (tertiary alicyclic amines) is 1. The highest BCUT2D eigenvalue weighted by molar-refractivity contribution is 5.28. The molecule has 0 aliphatic carbocycles. The van der Waals surface area contributed by atoms with Gasteiger partial charge in [0.05, 0.1) is 7.11 Å². The van der Waals surface area contributed by atoms with Gasteiger partial charge in [-0.25, -0.2) is 4.39 Å². The van der Waals surface area contributed by atoms with Gasteiger partial charge in [0, 0.05) is 30.8 Å². The number of nitrogens with zero attached hydrogens (tertiary/aromatic N) is 1. The quantitative estimate of drug-likeness (QED) is 0.867. The summed E-state index contributed by atoms with van der Waals surface area (Å²) in [5.74, 6) is 0.403. The van der Waals surface area contributed by atoms with E-state index in [1.807, 2.05) is 12.1 Å². The van der Waals surface area contributed by atoms with E-state index in [0.29, 0.717) is 18.3 Å². The van der Waals surface area contributed by atoms with Crippen LogP contribution in [0.4, 0.5) is 4.39 Å². The first-order valence-electron chi connectivity index (χ1n) is 7.51. The maximum Gasteiger partial charge on any atom is 0.131 e. The number of methoxy groups -OCH3 is 1. The van der Waals surface area contributed by atoms with Crippen molar-refractivity contribution in [3.05, 3.63) is 29.6 Å². The second-order valence-corrected chi connectivity index (χ2v) is 5.49. The van der Waals surface area contributed by atoms with Crippen molar-refractivity contribution in [2.45, 2.75) is 38.8 Å². The lowest BCUT2D eigenvalue weighted by molar-refractivity contribution is 0.182. The fraction of sp³-hybridized carbons (Fsp3) is 0.625. The van der Waals surface area contributed by atoms with Crippen LogP contribution in [0.15, 0.2) is 18.2 Å². The lowest BCUT2D eigenvalue weighted by atomic mass is 10.0. The van der Waals surface area contributed by atoms with Gasteiger partial charge in [0.15, 0.2) is 0 Å². The highest BCUT2D eigenvalue weighted by Crippen LogP contribution is 2.19. The van der Waals surface area contributed by atoms with Gasteiger partial charge in [0.2, 0.25) is 0 Å². The van der Waals surface area contributed by atoms with E-state index in [1.165, 1.54) is 18.9 Å². The normalized spacial score (nSPS) is 20.1. The Kier molecular flexibility index (Phi) is 5.80. The molecular formula is C16H25FN2O. The van der Waals surface area contributed by atoms with E-state index in [0.717, 1.165) is 31.6 Å². The van der Waals surface area contributed by atoms with E-state index < -0.39 is 0 Å². The van der Waals surface area contributed by atoms with Crippen LogP contribution in [0.1, 0.15) is 31.7 Å². The molecular weight excluding hydrogens is 255 g/mol. The molecule has 0 aromatic heterocycles. The molecule has 0 amide bonds. The predicted molar refractivity (Wildman–Crippen MR) is 79.5 cm³/mol. The van der Waals surface area contributed by atoms with Crippen LogP contribution in [0.25, 0.3) is 0 Å². The average Bonchev–Trinajstić information content (AvgIpc) is 2.47. The van der Waals surface area contributed by atoms with Gasteiger partial charge in [-0.15, -0.1) is 0 Å². The van der Waals surface area contributed by atoms with Crippen LogP contribution in [0.3, 0.4) is 0 Å². The van der Waals surface area contributed by atoms with Gasteiger partial charge < -0.3 is 10.1 Å². The molecule has 1 unspecified atom stereocenters. The Bertz CT molecular complexity index is 425. The molecule has 1 heterocycles. The standard InChI is InChI=1S/C16H25FN2O/c1-3-8-18-14-5-4-9-19(12-14)11-13-6-7-15(20-2)10-16(13)17/h6-7,10,14,18H,3-5,8-9,11-12H2,1-2H3. The number of hydrogen-bond acceptors (Lipinski definition) is 3. The number of hydrogen-bond donors (Lipinski definition) is 1. The van der Waals surface area contributed by atoms with Crippen LogP contribution in [-0.2, 0) is 6.54 Å². The van der Waals surface area contributed by atoms with Gasteiger partial charge in [0.1, 0.15) is 11.6 Å². The SMILES string of the molecule is CCCNC1CCCN(Cc2ccc(OC)cc2F)C1. The maximum absolute atomic E-state index is 14.0. The van der Waals surface area contributed by atoms with Crippen molar-refractivity contribution in [1.82, 2.24) is 10.2 Å². The average molecular weight is 280 g/mol. The van der Waals surface area contributed by atoms with Crippen molar-refractivity contribution in [3.63, 3.8) is 0 Å². The van der Waals surface area contributed by atoms with Crippen LogP contribution in [-0.4, -0.2) is 37.7 Å². The first-order valence-corrected chi connectivity index (χ1v) is 7.51. The molecule has 0 bridgehead atoms. The van der Waals surface area contributed by atoms with E-state index in [9.17, 15) is 4.39 Å². The molecule has 4 heteroatoms. The Morgan fingerprint density at radius 1 is 1.45 bits per heavy atom. The summed E-state index contributed by atoms with van der Waals surface area (Å²) >= 11 is 0. The van der Waals surface area contributed by atoms with Crippen molar-refractivity contribution in [3.8, 4) is 5.75 Å². The smallest absolute Gasteiger partial charge is 0.131 e. The Morgan fingerprint density at radius 2 is 2.30 bits per heavy atom. The molecule has 2 rings (SSSR count). The molecule has 0 spiro atoms. The molecule has 1 aromatic rings. The monoisotopic (exact) mass is 280 g/mol. The first kappa shape index (κ1) is 15.3. The molecule has 20 heavy (non-hydrogen) atoms. The minimum absolute atomic E-state index is 0.173. The van der Waals surface area contributed by atoms with Crippen molar-refractivity contribution in [1.29, 1.82) is 0 Å². The number of benzene rings is 1. The Labute approximate surface area is 121 Å². The van der Waals surface area contributed by atoms with Crippen LogP contribution in [0, 0.1) is 5.82 Å². The maximum atomic E-state index is 14.0. The molecule has 1 aliphatic rings. The number of ether oxygens (including phenoxy) is 1. The zero-order valence-electron chi connectivity index (χ0n) is 12.5. The van der Waals surface area contributed by atoms with E-state index in [1.54, 1.807) is 7.11 Å². The molecule has 1 N–H and O–H groups in total. The molecule has 3 nitrogen and oxygen atoms in total. The third-order valence-electron chi connectivity index (χ3n) is 3.84. The van der Waals surface area contributed by atoms with Crippen molar-refractivity contribution >= 4 is 0 Å². The minimum Gasteiger partial charge on any atom is -0.497 e. The summed E-state index contributed by atoms with van der Waals surface area (Å²) in [7, 11) is 1.56. The second-order valence-electron chi connectivity index (χ2n) is 5.49. The highest BCUT2D eigenvalue weighted by Gasteiger charge is 2.20. The Hall–Kier alpha value is -1.13. The van der Waals surface area contributed by atoms with Gasteiger partial charge in [0.25, 0.3) is 0 Å². The fourth-order valence-corrected chi connectivity index (χ4v) is 2.74. The second kappa shape index (κ2) is 7.60. The number of rotatable bonds is 6. The summed E-state index contributed by atoms with van der Waals surface area (Å²) in [5.41, 5.74) is 0.752. The number of nitrogens with one attached hydrogen (secondary N) is 1. The Balaban J connectivity index is 1.92. The van der Waals surface area contributed by atoms with Crippen molar-refractivity contribution < 1.29 is 9.13 Å². The van der Waals surface area contributed by atoms with Crippen LogP contribution in [0.2, 0.25) is 0 Å². The Morgan fingerprint density at radius 3 is 3.00 bits per heavy atom. The first-order chi connectivity index (χ1) is 9.72. The number of piperidine rings is 1. The molecule has 0 saturated carbocycles. The fourth-order valence-electron chi connectivity index (χ4n) is 2.74. The zero-order chi connectivity index (χ0) is 14.4. The highest BCUT2D eigenvalue weighted by atomic mass is 19.1. The number of halogens is 1. The van der Waals surface area contributed by atoms with Gasteiger partial charge in [-0.05, 0) is 38.4 Å². The van der Waals surface area contributed by atoms with Gasteiger partial charge in [-0.3, -0.25) is 4.90 Å². The zero-order valence-corrected chi connectivity index (χ0v) is 12.5. The lowest BCUT2D eigenvalue weighted by Crippen LogP contribution is -2.45. The molecule has 1 aliphatic heterocycles. The van der Waals surface area contributed by atoms with Gasteiger partial charge in [-0.2, -0.15) is 0 Å².